The van der Waals surface area contributed by atoms with Crippen molar-refractivity contribution in [2.24, 2.45) is 5.92 Å². The fourth-order valence-corrected chi connectivity index (χ4v) is 2.54. The van der Waals surface area contributed by atoms with Crippen LogP contribution in [-0.2, 0) is 11.2 Å². The highest BCUT2D eigenvalue weighted by atomic mass is 16.5. The summed E-state index contributed by atoms with van der Waals surface area (Å²) >= 11 is 0. The van der Waals surface area contributed by atoms with Gasteiger partial charge in [-0.2, -0.15) is 0 Å². The predicted octanol–water partition coefficient (Wildman–Crippen LogP) is 3.23. The van der Waals surface area contributed by atoms with Crippen molar-refractivity contribution in [1.29, 1.82) is 0 Å². The van der Waals surface area contributed by atoms with Crippen molar-refractivity contribution in [2.45, 2.75) is 32.7 Å². The molecule has 0 aromatic heterocycles. The molecule has 0 radical (unpaired) electrons. The summed E-state index contributed by atoms with van der Waals surface area (Å²) in [5, 5.41) is 0. The average Bonchev–Trinajstić information content (AvgIpc) is 2.65. The minimum atomic E-state index is -0.249. The standard InChI is InChI=1S/C14H19NO2/c1-10(2)8-12-9-11-6-4-5-7-13(11)15(12)14(16)17-3/h4-7,10,12H,8-9H2,1-3H3/t12-/m1/s1. The summed E-state index contributed by atoms with van der Waals surface area (Å²) in [6.07, 6.45) is 1.69. The summed E-state index contributed by atoms with van der Waals surface area (Å²) in [5.41, 5.74) is 2.24. The van der Waals surface area contributed by atoms with Gasteiger partial charge in [0.25, 0.3) is 0 Å². The first-order valence-electron chi connectivity index (χ1n) is 6.08. The second-order valence-corrected chi connectivity index (χ2v) is 4.96. The molecule has 0 spiro atoms. The molecule has 92 valence electrons. The quantitative estimate of drug-likeness (QED) is 0.785. The van der Waals surface area contributed by atoms with Gasteiger partial charge in [0.2, 0.25) is 0 Å². The van der Waals surface area contributed by atoms with Crippen LogP contribution in [0.2, 0.25) is 0 Å². The first-order valence-corrected chi connectivity index (χ1v) is 6.08. The predicted molar refractivity (Wildman–Crippen MR) is 68.3 cm³/mol. The van der Waals surface area contributed by atoms with E-state index in [2.05, 4.69) is 19.9 Å². The van der Waals surface area contributed by atoms with Gasteiger partial charge in [-0.15, -0.1) is 0 Å². The monoisotopic (exact) mass is 233 g/mol. The molecular weight excluding hydrogens is 214 g/mol. The summed E-state index contributed by atoms with van der Waals surface area (Å²) in [4.78, 5) is 13.7. The van der Waals surface area contributed by atoms with Crippen molar-refractivity contribution < 1.29 is 9.53 Å². The van der Waals surface area contributed by atoms with Gasteiger partial charge in [0, 0.05) is 6.04 Å². The van der Waals surface area contributed by atoms with Crippen LogP contribution >= 0.6 is 0 Å². The summed E-state index contributed by atoms with van der Waals surface area (Å²) in [7, 11) is 1.44. The maximum atomic E-state index is 11.9. The minimum Gasteiger partial charge on any atom is -0.452 e. The SMILES string of the molecule is COC(=O)N1c2ccccc2C[C@H]1CC(C)C. The summed E-state index contributed by atoms with van der Waals surface area (Å²) in [5.74, 6) is 0.571. The fraction of sp³-hybridized carbons (Fsp3) is 0.500. The van der Waals surface area contributed by atoms with Crippen LogP contribution in [0.15, 0.2) is 24.3 Å². The molecule has 0 bridgehead atoms. The Hall–Kier alpha value is -1.51. The lowest BCUT2D eigenvalue weighted by Crippen LogP contribution is -2.38. The molecule has 2 rings (SSSR count). The molecule has 0 saturated carbocycles. The number of anilines is 1. The van der Waals surface area contributed by atoms with Crippen molar-refractivity contribution in [2.75, 3.05) is 12.0 Å². The Morgan fingerprint density at radius 2 is 2.18 bits per heavy atom. The molecule has 1 aromatic carbocycles. The number of ether oxygens (including phenoxy) is 1. The number of rotatable bonds is 2. The molecule has 0 fully saturated rings. The normalized spacial score (nSPS) is 18.4. The van der Waals surface area contributed by atoms with E-state index in [-0.39, 0.29) is 12.1 Å². The van der Waals surface area contributed by atoms with E-state index in [9.17, 15) is 4.79 Å². The van der Waals surface area contributed by atoms with Crippen molar-refractivity contribution >= 4 is 11.8 Å². The zero-order chi connectivity index (χ0) is 12.4. The lowest BCUT2D eigenvalue weighted by molar-refractivity contribution is 0.175. The number of para-hydroxylation sites is 1. The number of carbonyl (C=O) groups is 1. The van der Waals surface area contributed by atoms with Gasteiger partial charge >= 0.3 is 6.09 Å². The smallest absolute Gasteiger partial charge is 0.414 e. The molecule has 1 heterocycles. The van der Waals surface area contributed by atoms with Crippen molar-refractivity contribution in [3.63, 3.8) is 0 Å². The van der Waals surface area contributed by atoms with E-state index >= 15 is 0 Å². The third kappa shape index (κ3) is 2.28. The Morgan fingerprint density at radius 3 is 2.82 bits per heavy atom. The van der Waals surface area contributed by atoms with E-state index in [1.165, 1.54) is 12.7 Å². The Bertz CT molecular complexity index is 414. The van der Waals surface area contributed by atoms with E-state index in [0.29, 0.717) is 5.92 Å². The summed E-state index contributed by atoms with van der Waals surface area (Å²) in [6, 6.07) is 8.30. The van der Waals surface area contributed by atoms with Gasteiger partial charge in [0.1, 0.15) is 0 Å². The van der Waals surface area contributed by atoms with Crippen LogP contribution in [0.1, 0.15) is 25.8 Å². The lowest BCUT2D eigenvalue weighted by Gasteiger charge is -2.25. The van der Waals surface area contributed by atoms with Crippen LogP contribution in [0.5, 0.6) is 0 Å². The largest absolute Gasteiger partial charge is 0.452 e. The molecule has 0 aliphatic carbocycles. The molecule has 0 unspecified atom stereocenters. The van der Waals surface area contributed by atoms with Gasteiger partial charge in [-0.05, 0) is 30.4 Å². The zero-order valence-corrected chi connectivity index (χ0v) is 10.6. The van der Waals surface area contributed by atoms with E-state index in [0.717, 1.165) is 18.5 Å². The van der Waals surface area contributed by atoms with Crippen LogP contribution in [-0.4, -0.2) is 19.2 Å². The van der Waals surface area contributed by atoms with Crippen LogP contribution in [0.4, 0.5) is 10.5 Å². The fourth-order valence-electron chi connectivity index (χ4n) is 2.54. The molecular formula is C14H19NO2. The number of amides is 1. The Labute approximate surface area is 102 Å². The van der Waals surface area contributed by atoms with Gasteiger partial charge in [0.15, 0.2) is 0 Å². The van der Waals surface area contributed by atoms with Gasteiger partial charge in [-0.1, -0.05) is 32.0 Å². The molecule has 1 aliphatic rings. The van der Waals surface area contributed by atoms with E-state index < -0.39 is 0 Å². The molecule has 17 heavy (non-hydrogen) atoms. The zero-order valence-electron chi connectivity index (χ0n) is 10.6. The van der Waals surface area contributed by atoms with Crippen LogP contribution < -0.4 is 4.90 Å². The molecule has 1 aromatic rings. The highest BCUT2D eigenvalue weighted by Gasteiger charge is 2.34. The van der Waals surface area contributed by atoms with Crippen LogP contribution in [0, 0.1) is 5.92 Å². The molecule has 1 atom stereocenters. The Balaban J connectivity index is 2.30. The second kappa shape index (κ2) is 4.78. The average molecular weight is 233 g/mol. The second-order valence-electron chi connectivity index (χ2n) is 4.96. The van der Waals surface area contributed by atoms with Crippen LogP contribution in [0.3, 0.4) is 0 Å². The number of nitrogens with zero attached hydrogens (tertiary/aromatic N) is 1. The van der Waals surface area contributed by atoms with Gasteiger partial charge in [0.05, 0.1) is 12.8 Å². The first kappa shape index (κ1) is 12.0. The maximum Gasteiger partial charge on any atom is 0.414 e. The number of benzene rings is 1. The number of hydrogen-bond acceptors (Lipinski definition) is 2. The van der Waals surface area contributed by atoms with Crippen molar-refractivity contribution in [3.05, 3.63) is 29.8 Å². The molecule has 3 heteroatoms. The third-order valence-corrected chi connectivity index (χ3v) is 3.19. The highest BCUT2D eigenvalue weighted by molar-refractivity contribution is 5.91. The van der Waals surface area contributed by atoms with Crippen molar-refractivity contribution in [3.8, 4) is 0 Å². The number of methoxy groups -OCH3 is 1. The molecule has 3 nitrogen and oxygen atoms in total. The van der Waals surface area contributed by atoms with Gasteiger partial charge in [-0.3, -0.25) is 4.90 Å². The van der Waals surface area contributed by atoms with E-state index in [4.69, 9.17) is 4.74 Å². The van der Waals surface area contributed by atoms with E-state index in [1.54, 1.807) is 4.90 Å². The third-order valence-electron chi connectivity index (χ3n) is 3.19. The number of carbonyl (C=O) groups excluding carboxylic acids is 1. The lowest BCUT2D eigenvalue weighted by atomic mass is 10.0. The topological polar surface area (TPSA) is 29.5 Å². The molecule has 0 N–H and O–H groups in total. The van der Waals surface area contributed by atoms with Gasteiger partial charge in [-0.25, -0.2) is 4.79 Å². The van der Waals surface area contributed by atoms with E-state index in [1.807, 2.05) is 18.2 Å². The highest BCUT2D eigenvalue weighted by Crippen LogP contribution is 2.34. The van der Waals surface area contributed by atoms with Crippen LogP contribution in [0.25, 0.3) is 0 Å². The molecule has 1 amide bonds. The Morgan fingerprint density at radius 1 is 1.47 bits per heavy atom. The number of fused-ring (bicyclic) bond motifs is 1. The number of hydrogen-bond donors (Lipinski definition) is 0. The molecule has 1 aliphatic heterocycles. The summed E-state index contributed by atoms with van der Waals surface area (Å²) < 4.78 is 4.89. The first-order chi connectivity index (χ1) is 8.13. The van der Waals surface area contributed by atoms with Gasteiger partial charge < -0.3 is 4.74 Å². The summed E-state index contributed by atoms with van der Waals surface area (Å²) in [6.45, 7) is 4.36. The maximum absolute atomic E-state index is 11.9. The minimum absolute atomic E-state index is 0.236. The molecule has 0 saturated heterocycles. The Kier molecular flexibility index (Phi) is 3.36. The van der Waals surface area contributed by atoms with Crippen molar-refractivity contribution in [1.82, 2.24) is 0 Å².